The monoisotopic (exact) mass is 237 g/mol. The SMILES string of the molecule is CCCC(CN)CCOc1ccc(OC)cc1. The molecule has 0 amide bonds. The number of hydrogen-bond donors (Lipinski definition) is 1. The predicted octanol–water partition coefficient (Wildman–Crippen LogP) is 2.84. The van der Waals surface area contributed by atoms with Gasteiger partial charge in [0.25, 0.3) is 0 Å². The molecule has 0 bridgehead atoms. The molecule has 1 rings (SSSR count). The van der Waals surface area contributed by atoms with Gasteiger partial charge in [-0.3, -0.25) is 0 Å². The number of hydrogen-bond acceptors (Lipinski definition) is 3. The Morgan fingerprint density at radius 1 is 1.12 bits per heavy atom. The molecule has 0 aliphatic carbocycles. The smallest absolute Gasteiger partial charge is 0.119 e. The molecular weight excluding hydrogens is 214 g/mol. The van der Waals surface area contributed by atoms with Crippen LogP contribution in [0.4, 0.5) is 0 Å². The maximum atomic E-state index is 5.70. The summed E-state index contributed by atoms with van der Waals surface area (Å²) in [5.41, 5.74) is 5.70. The molecule has 3 heteroatoms. The first-order valence-electron chi connectivity index (χ1n) is 6.27. The third-order valence-corrected chi connectivity index (χ3v) is 2.88. The summed E-state index contributed by atoms with van der Waals surface area (Å²) in [5, 5.41) is 0. The number of rotatable bonds is 8. The lowest BCUT2D eigenvalue weighted by molar-refractivity contribution is 0.273. The average Bonchev–Trinajstić information content (AvgIpc) is 2.38. The van der Waals surface area contributed by atoms with E-state index in [1.807, 2.05) is 24.3 Å². The second-order valence-corrected chi connectivity index (χ2v) is 4.20. The Balaban J connectivity index is 2.29. The van der Waals surface area contributed by atoms with Crippen LogP contribution in [0.25, 0.3) is 0 Å². The van der Waals surface area contributed by atoms with Crippen LogP contribution in [0.3, 0.4) is 0 Å². The molecule has 0 aliphatic rings. The van der Waals surface area contributed by atoms with Crippen LogP contribution in [-0.4, -0.2) is 20.3 Å². The Morgan fingerprint density at radius 2 is 1.76 bits per heavy atom. The highest BCUT2D eigenvalue weighted by Gasteiger charge is 2.05. The molecule has 0 spiro atoms. The van der Waals surface area contributed by atoms with E-state index in [9.17, 15) is 0 Å². The molecule has 0 saturated carbocycles. The zero-order chi connectivity index (χ0) is 12.5. The lowest BCUT2D eigenvalue weighted by atomic mass is 10.0. The third kappa shape index (κ3) is 5.09. The standard InChI is InChI=1S/C14H23NO2/c1-3-4-12(11-15)9-10-17-14-7-5-13(16-2)6-8-14/h5-8,12H,3-4,9-11,15H2,1-2H3. The lowest BCUT2D eigenvalue weighted by Gasteiger charge is -2.14. The van der Waals surface area contributed by atoms with E-state index in [0.29, 0.717) is 5.92 Å². The van der Waals surface area contributed by atoms with E-state index < -0.39 is 0 Å². The fraction of sp³-hybridized carbons (Fsp3) is 0.571. The van der Waals surface area contributed by atoms with Crippen molar-refractivity contribution in [3.05, 3.63) is 24.3 Å². The molecule has 1 atom stereocenters. The van der Waals surface area contributed by atoms with E-state index in [0.717, 1.165) is 31.1 Å². The van der Waals surface area contributed by atoms with Gasteiger partial charge in [-0.25, -0.2) is 0 Å². The number of methoxy groups -OCH3 is 1. The zero-order valence-corrected chi connectivity index (χ0v) is 10.8. The van der Waals surface area contributed by atoms with Gasteiger partial charge in [0.05, 0.1) is 13.7 Å². The first-order valence-corrected chi connectivity index (χ1v) is 6.27. The maximum Gasteiger partial charge on any atom is 0.119 e. The fourth-order valence-electron chi connectivity index (χ4n) is 1.80. The van der Waals surface area contributed by atoms with Gasteiger partial charge in [-0.2, -0.15) is 0 Å². The Labute approximate surface area is 104 Å². The molecule has 1 aromatic rings. The summed E-state index contributed by atoms with van der Waals surface area (Å²) in [7, 11) is 1.66. The molecule has 0 heterocycles. The fourth-order valence-corrected chi connectivity index (χ4v) is 1.80. The molecule has 0 fully saturated rings. The minimum absolute atomic E-state index is 0.582. The summed E-state index contributed by atoms with van der Waals surface area (Å²) < 4.78 is 10.8. The number of benzene rings is 1. The molecule has 17 heavy (non-hydrogen) atoms. The molecule has 0 aliphatic heterocycles. The Morgan fingerprint density at radius 3 is 2.29 bits per heavy atom. The zero-order valence-electron chi connectivity index (χ0n) is 10.8. The lowest BCUT2D eigenvalue weighted by Crippen LogP contribution is -2.17. The Bertz CT molecular complexity index is 298. The molecule has 1 unspecified atom stereocenters. The maximum absolute atomic E-state index is 5.70. The van der Waals surface area contributed by atoms with Crippen molar-refractivity contribution >= 4 is 0 Å². The van der Waals surface area contributed by atoms with Gasteiger partial charge in [0.2, 0.25) is 0 Å². The van der Waals surface area contributed by atoms with E-state index in [4.69, 9.17) is 15.2 Å². The van der Waals surface area contributed by atoms with Crippen molar-refractivity contribution < 1.29 is 9.47 Å². The van der Waals surface area contributed by atoms with Gasteiger partial charge in [0, 0.05) is 0 Å². The summed E-state index contributed by atoms with van der Waals surface area (Å²) in [4.78, 5) is 0. The quantitative estimate of drug-likeness (QED) is 0.756. The summed E-state index contributed by atoms with van der Waals surface area (Å²) in [5.74, 6) is 2.32. The van der Waals surface area contributed by atoms with Crippen LogP contribution in [-0.2, 0) is 0 Å². The molecule has 96 valence electrons. The molecule has 0 aromatic heterocycles. The second-order valence-electron chi connectivity index (χ2n) is 4.20. The van der Waals surface area contributed by atoms with Gasteiger partial charge in [-0.05, 0) is 49.6 Å². The van der Waals surface area contributed by atoms with Gasteiger partial charge in [-0.1, -0.05) is 13.3 Å². The van der Waals surface area contributed by atoms with Crippen LogP contribution in [0, 0.1) is 5.92 Å². The van der Waals surface area contributed by atoms with Crippen LogP contribution < -0.4 is 15.2 Å². The van der Waals surface area contributed by atoms with Crippen molar-refractivity contribution in [1.29, 1.82) is 0 Å². The largest absolute Gasteiger partial charge is 0.497 e. The van der Waals surface area contributed by atoms with E-state index in [-0.39, 0.29) is 0 Å². The summed E-state index contributed by atoms with van der Waals surface area (Å²) in [6.45, 7) is 3.67. The first kappa shape index (κ1) is 13.8. The highest BCUT2D eigenvalue weighted by molar-refractivity contribution is 5.31. The highest BCUT2D eigenvalue weighted by Crippen LogP contribution is 2.18. The predicted molar refractivity (Wildman–Crippen MR) is 70.6 cm³/mol. The minimum atomic E-state index is 0.582. The van der Waals surface area contributed by atoms with Gasteiger partial charge in [0.1, 0.15) is 11.5 Å². The molecule has 3 nitrogen and oxygen atoms in total. The van der Waals surface area contributed by atoms with Crippen LogP contribution in [0.1, 0.15) is 26.2 Å². The Hall–Kier alpha value is -1.22. The van der Waals surface area contributed by atoms with Crippen LogP contribution >= 0.6 is 0 Å². The molecule has 1 aromatic carbocycles. The van der Waals surface area contributed by atoms with Crippen molar-refractivity contribution in [2.45, 2.75) is 26.2 Å². The molecule has 2 N–H and O–H groups in total. The van der Waals surface area contributed by atoms with Crippen molar-refractivity contribution in [1.82, 2.24) is 0 Å². The summed E-state index contributed by atoms with van der Waals surface area (Å²) >= 11 is 0. The van der Waals surface area contributed by atoms with Gasteiger partial charge >= 0.3 is 0 Å². The Kier molecular flexibility index (Phi) is 6.48. The summed E-state index contributed by atoms with van der Waals surface area (Å²) in [6, 6.07) is 7.66. The second kappa shape index (κ2) is 7.96. The van der Waals surface area contributed by atoms with E-state index in [2.05, 4.69) is 6.92 Å². The van der Waals surface area contributed by atoms with Crippen molar-refractivity contribution in [2.24, 2.45) is 11.7 Å². The molecule has 0 radical (unpaired) electrons. The van der Waals surface area contributed by atoms with Crippen molar-refractivity contribution in [3.63, 3.8) is 0 Å². The van der Waals surface area contributed by atoms with E-state index >= 15 is 0 Å². The molecular formula is C14H23NO2. The number of nitrogens with two attached hydrogens (primary N) is 1. The van der Waals surface area contributed by atoms with Gasteiger partial charge in [-0.15, -0.1) is 0 Å². The number of ether oxygens (including phenoxy) is 2. The first-order chi connectivity index (χ1) is 8.30. The molecule has 0 saturated heterocycles. The summed E-state index contributed by atoms with van der Waals surface area (Å²) in [6.07, 6.45) is 3.39. The normalized spacial score (nSPS) is 12.2. The average molecular weight is 237 g/mol. The third-order valence-electron chi connectivity index (χ3n) is 2.88. The van der Waals surface area contributed by atoms with E-state index in [1.54, 1.807) is 7.11 Å². The minimum Gasteiger partial charge on any atom is -0.497 e. The van der Waals surface area contributed by atoms with Gasteiger partial charge < -0.3 is 15.2 Å². The van der Waals surface area contributed by atoms with E-state index in [1.165, 1.54) is 12.8 Å². The van der Waals surface area contributed by atoms with Gasteiger partial charge in [0.15, 0.2) is 0 Å². The van der Waals surface area contributed by atoms with Crippen LogP contribution in [0.5, 0.6) is 11.5 Å². The highest BCUT2D eigenvalue weighted by atomic mass is 16.5. The van der Waals surface area contributed by atoms with Crippen LogP contribution in [0.2, 0.25) is 0 Å². The topological polar surface area (TPSA) is 44.5 Å². The van der Waals surface area contributed by atoms with Crippen molar-refractivity contribution in [2.75, 3.05) is 20.3 Å². The van der Waals surface area contributed by atoms with Crippen molar-refractivity contribution in [3.8, 4) is 11.5 Å². The van der Waals surface area contributed by atoms with Crippen LogP contribution in [0.15, 0.2) is 24.3 Å².